The van der Waals surface area contributed by atoms with Crippen molar-refractivity contribution in [3.8, 4) is 0 Å². The molecular formula is C20H24N4O5. The van der Waals surface area contributed by atoms with Crippen LogP contribution >= 0.6 is 0 Å². The lowest BCUT2D eigenvalue weighted by Crippen LogP contribution is -2.73. The van der Waals surface area contributed by atoms with Crippen LogP contribution in [0.5, 0.6) is 0 Å². The van der Waals surface area contributed by atoms with Crippen LogP contribution in [0.4, 0.5) is 16.2 Å². The van der Waals surface area contributed by atoms with Crippen molar-refractivity contribution in [1.82, 2.24) is 10.2 Å². The summed E-state index contributed by atoms with van der Waals surface area (Å²) in [6.07, 6.45) is 2.17. The molecule has 0 aliphatic carbocycles. The van der Waals surface area contributed by atoms with Crippen molar-refractivity contribution in [3.05, 3.63) is 33.9 Å². The summed E-state index contributed by atoms with van der Waals surface area (Å²) in [5.74, 6) is -0.763. The molecule has 3 heterocycles. The van der Waals surface area contributed by atoms with Crippen LogP contribution in [0, 0.1) is 21.4 Å². The number of hydrogen-bond acceptors (Lipinski definition) is 6. The molecule has 1 aromatic rings. The lowest BCUT2D eigenvalue weighted by Gasteiger charge is -2.54. The summed E-state index contributed by atoms with van der Waals surface area (Å²) in [6.45, 7) is 4.83. The monoisotopic (exact) mass is 400 g/mol. The fraction of sp³-hybridized carbons (Fsp3) is 0.550. The minimum absolute atomic E-state index is 0.0516. The number of urea groups is 1. The molecule has 1 spiro atoms. The molecule has 154 valence electrons. The molecule has 29 heavy (non-hydrogen) atoms. The van der Waals surface area contributed by atoms with E-state index in [0.717, 1.165) is 17.0 Å². The Kier molecular flexibility index (Phi) is 4.55. The summed E-state index contributed by atoms with van der Waals surface area (Å²) < 4.78 is 0. The molecule has 0 saturated carbocycles. The Morgan fingerprint density at radius 2 is 2.07 bits per heavy atom. The number of benzene rings is 1. The first-order chi connectivity index (χ1) is 13.8. The number of carbonyl (C=O) groups excluding carboxylic acids is 3. The molecule has 9 heteroatoms. The average Bonchev–Trinajstić information content (AvgIpc) is 2.68. The number of nitro groups is 1. The normalized spacial score (nSPS) is 28.8. The Balaban J connectivity index is 1.88. The van der Waals surface area contributed by atoms with Crippen molar-refractivity contribution < 1.29 is 19.3 Å². The Labute approximate surface area is 168 Å². The number of non-ortho nitro benzene ring substituents is 1. The molecule has 9 nitrogen and oxygen atoms in total. The molecule has 4 amide bonds. The molecule has 0 aromatic heterocycles. The van der Waals surface area contributed by atoms with Gasteiger partial charge in [-0.1, -0.05) is 13.8 Å². The molecule has 2 saturated heterocycles. The highest BCUT2D eigenvalue weighted by atomic mass is 16.6. The number of nitrogens with one attached hydrogen (secondary N) is 1. The number of hydrogen-bond donors (Lipinski definition) is 1. The molecular weight excluding hydrogens is 376 g/mol. The number of rotatable bonds is 3. The number of nitrogens with zero attached hydrogens (tertiary/aromatic N) is 3. The van der Waals surface area contributed by atoms with Gasteiger partial charge in [0.15, 0.2) is 5.41 Å². The fourth-order valence-corrected chi connectivity index (χ4v) is 5.01. The van der Waals surface area contributed by atoms with Gasteiger partial charge in [0, 0.05) is 37.3 Å². The third kappa shape index (κ3) is 2.79. The second kappa shape index (κ2) is 6.82. The second-order valence-corrected chi connectivity index (χ2v) is 8.27. The third-order valence-electron chi connectivity index (χ3n) is 6.43. The van der Waals surface area contributed by atoms with Crippen LogP contribution in [0.1, 0.15) is 38.7 Å². The van der Waals surface area contributed by atoms with E-state index in [9.17, 15) is 24.5 Å². The van der Waals surface area contributed by atoms with Gasteiger partial charge in [-0.2, -0.15) is 0 Å². The van der Waals surface area contributed by atoms with Crippen molar-refractivity contribution in [1.29, 1.82) is 0 Å². The summed E-state index contributed by atoms with van der Waals surface area (Å²) in [5, 5.41) is 13.7. The van der Waals surface area contributed by atoms with Crippen LogP contribution in [0.3, 0.4) is 0 Å². The zero-order valence-corrected chi connectivity index (χ0v) is 16.5. The minimum atomic E-state index is -1.46. The number of nitro benzene ring substituents is 1. The average molecular weight is 400 g/mol. The van der Waals surface area contributed by atoms with Gasteiger partial charge >= 0.3 is 6.03 Å². The van der Waals surface area contributed by atoms with Gasteiger partial charge < -0.3 is 4.90 Å². The van der Waals surface area contributed by atoms with E-state index in [1.54, 1.807) is 6.07 Å². The van der Waals surface area contributed by atoms with Crippen molar-refractivity contribution >= 4 is 29.2 Å². The molecule has 3 aliphatic rings. The standard InChI is InChI=1S/C20H24N4O5/c1-3-7-23-18(26)20(17(25)21-19(23)27)11-13-10-14(24(28)29)4-5-15(13)22-8-6-12(2)9-16(20)22/h4-5,10,12,16H,3,6-9,11H2,1-2H3,(H,21,25,27)/t12-,16-,20+/m1/s1. The molecule has 4 rings (SSSR count). The molecule has 0 radical (unpaired) electrons. The topological polar surface area (TPSA) is 113 Å². The number of barbiturate groups is 1. The predicted octanol–water partition coefficient (Wildman–Crippen LogP) is 2.23. The Morgan fingerprint density at radius 1 is 1.31 bits per heavy atom. The lowest BCUT2D eigenvalue weighted by molar-refractivity contribution is -0.384. The van der Waals surface area contributed by atoms with Gasteiger partial charge in [0.1, 0.15) is 0 Å². The summed E-state index contributed by atoms with van der Waals surface area (Å²) in [5.41, 5.74) is -0.107. The van der Waals surface area contributed by atoms with Crippen LogP contribution in [-0.2, 0) is 16.0 Å². The van der Waals surface area contributed by atoms with Crippen LogP contribution < -0.4 is 10.2 Å². The van der Waals surface area contributed by atoms with Crippen LogP contribution in [-0.4, -0.2) is 46.8 Å². The van der Waals surface area contributed by atoms with Gasteiger partial charge in [-0.3, -0.25) is 29.9 Å². The van der Waals surface area contributed by atoms with Crippen LogP contribution in [0.2, 0.25) is 0 Å². The zero-order valence-electron chi connectivity index (χ0n) is 16.5. The van der Waals surface area contributed by atoms with Crippen molar-refractivity contribution in [2.45, 2.75) is 45.6 Å². The van der Waals surface area contributed by atoms with E-state index in [0.29, 0.717) is 30.9 Å². The van der Waals surface area contributed by atoms with E-state index >= 15 is 0 Å². The molecule has 1 N–H and O–H groups in total. The maximum absolute atomic E-state index is 13.6. The molecule has 2 fully saturated rings. The predicted molar refractivity (Wildman–Crippen MR) is 104 cm³/mol. The highest BCUT2D eigenvalue weighted by Gasteiger charge is 2.62. The maximum Gasteiger partial charge on any atom is 0.330 e. The van der Waals surface area contributed by atoms with Crippen molar-refractivity contribution in [3.63, 3.8) is 0 Å². The van der Waals surface area contributed by atoms with Crippen molar-refractivity contribution in [2.75, 3.05) is 18.0 Å². The molecule has 3 atom stereocenters. The highest BCUT2D eigenvalue weighted by Crippen LogP contribution is 2.49. The summed E-state index contributed by atoms with van der Waals surface area (Å²) >= 11 is 0. The van der Waals surface area contributed by atoms with Gasteiger partial charge in [-0.05, 0) is 36.8 Å². The van der Waals surface area contributed by atoms with E-state index in [1.165, 1.54) is 12.1 Å². The first-order valence-electron chi connectivity index (χ1n) is 10.0. The van der Waals surface area contributed by atoms with Crippen LogP contribution in [0.15, 0.2) is 18.2 Å². The SMILES string of the molecule is CCCN1C(=O)NC(=O)[C@@]2(Cc3cc([N+](=O)[O-])ccc3N3CC[C@@H](C)C[C@@H]32)C1=O. The Hall–Kier alpha value is -2.97. The number of amides is 4. The van der Waals surface area contributed by atoms with Gasteiger partial charge in [0.2, 0.25) is 11.8 Å². The maximum atomic E-state index is 13.6. The van der Waals surface area contributed by atoms with E-state index < -0.39 is 28.2 Å². The Bertz CT molecular complexity index is 916. The second-order valence-electron chi connectivity index (χ2n) is 8.27. The summed E-state index contributed by atoms with van der Waals surface area (Å²) in [6, 6.07) is 3.55. The van der Waals surface area contributed by atoms with E-state index in [2.05, 4.69) is 12.2 Å². The van der Waals surface area contributed by atoms with E-state index in [1.807, 2.05) is 11.8 Å². The fourth-order valence-electron chi connectivity index (χ4n) is 5.01. The molecule has 0 unspecified atom stereocenters. The first-order valence-corrected chi connectivity index (χ1v) is 10.0. The zero-order chi connectivity index (χ0) is 20.9. The third-order valence-corrected chi connectivity index (χ3v) is 6.43. The van der Waals surface area contributed by atoms with Crippen molar-refractivity contribution in [2.24, 2.45) is 11.3 Å². The largest absolute Gasteiger partial charge is 0.367 e. The number of anilines is 1. The highest BCUT2D eigenvalue weighted by molar-refractivity contribution is 6.20. The molecule has 0 bridgehead atoms. The summed E-state index contributed by atoms with van der Waals surface area (Å²) in [4.78, 5) is 53.1. The minimum Gasteiger partial charge on any atom is -0.367 e. The number of imide groups is 2. The summed E-state index contributed by atoms with van der Waals surface area (Å²) in [7, 11) is 0. The number of piperidine rings is 1. The smallest absolute Gasteiger partial charge is 0.330 e. The molecule has 1 aromatic carbocycles. The van der Waals surface area contributed by atoms with Crippen LogP contribution in [0.25, 0.3) is 0 Å². The molecule has 3 aliphatic heterocycles. The van der Waals surface area contributed by atoms with Gasteiger partial charge in [-0.15, -0.1) is 0 Å². The first kappa shape index (κ1) is 19.4. The van der Waals surface area contributed by atoms with Gasteiger partial charge in [0.25, 0.3) is 5.69 Å². The van der Waals surface area contributed by atoms with Gasteiger partial charge in [0.05, 0.1) is 11.0 Å². The van der Waals surface area contributed by atoms with E-state index in [4.69, 9.17) is 0 Å². The quantitative estimate of drug-likeness (QED) is 0.473. The van der Waals surface area contributed by atoms with E-state index in [-0.39, 0.29) is 24.7 Å². The number of carbonyl (C=O) groups is 3. The number of fused-ring (bicyclic) bond motifs is 4. The van der Waals surface area contributed by atoms with Gasteiger partial charge in [-0.25, -0.2) is 4.79 Å². The lowest BCUT2D eigenvalue weighted by atomic mass is 9.65. The Morgan fingerprint density at radius 3 is 2.76 bits per heavy atom.